The first kappa shape index (κ1) is 15.4. The number of esters is 1. The maximum absolute atomic E-state index is 13.6. The van der Waals surface area contributed by atoms with Crippen molar-refractivity contribution >= 4 is 11.9 Å². The highest BCUT2D eigenvalue weighted by Gasteiger charge is 2.29. The number of carbonyl (C=O) groups excluding carboxylic acids is 2. The fraction of sp³-hybridized carbons (Fsp3) is 0.467. The Morgan fingerprint density at radius 2 is 2.14 bits per heavy atom. The first-order valence-corrected chi connectivity index (χ1v) is 6.80. The van der Waals surface area contributed by atoms with Crippen LogP contribution in [0.2, 0.25) is 0 Å². The molecular weight excluding hydrogens is 280 g/mol. The molecule has 0 aromatic heterocycles. The molecule has 4 nitrogen and oxygen atoms in total. The van der Waals surface area contributed by atoms with Gasteiger partial charge in [-0.25, -0.2) is 8.78 Å². The van der Waals surface area contributed by atoms with Gasteiger partial charge in [0.15, 0.2) is 0 Å². The highest BCUT2D eigenvalue weighted by molar-refractivity contribution is 5.80. The normalized spacial score (nSPS) is 18.4. The van der Waals surface area contributed by atoms with Crippen LogP contribution in [0, 0.1) is 17.6 Å². The minimum atomic E-state index is -0.732. The van der Waals surface area contributed by atoms with E-state index in [1.54, 1.807) is 0 Å². The van der Waals surface area contributed by atoms with Crippen molar-refractivity contribution in [2.75, 3.05) is 20.2 Å². The van der Waals surface area contributed by atoms with Crippen molar-refractivity contribution in [1.29, 1.82) is 0 Å². The largest absolute Gasteiger partial charge is 0.469 e. The molecule has 114 valence electrons. The molecule has 1 atom stereocenters. The van der Waals surface area contributed by atoms with Gasteiger partial charge in [0.1, 0.15) is 11.6 Å². The summed E-state index contributed by atoms with van der Waals surface area (Å²) in [6.07, 6.45) is 1.25. The molecule has 0 radical (unpaired) electrons. The Bertz CT molecular complexity index is 548. The molecule has 0 spiro atoms. The molecule has 1 aromatic carbocycles. The van der Waals surface area contributed by atoms with Crippen LogP contribution in [0.4, 0.5) is 8.78 Å². The lowest BCUT2D eigenvalue weighted by molar-refractivity contribution is -0.148. The van der Waals surface area contributed by atoms with E-state index in [4.69, 9.17) is 0 Å². The molecule has 0 N–H and O–H groups in total. The third-order valence-corrected chi connectivity index (χ3v) is 3.67. The zero-order valence-corrected chi connectivity index (χ0v) is 11.8. The van der Waals surface area contributed by atoms with Crippen LogP contribution in [0.1, 0.15) is 18.4 Å². The number of piperidine rings is 1. The first-order chi connectivity index (χ1) is 10.0. The zero-order valence-electron chi connectivity index (χ0n) is 11.8. The van der Waals surface area contributed by atoms with Crippen molar-refractivity contribution in [2.24, 2.45) is 5.92 Å². The molecule has 1 saturated heterocycles. The predicted molar refractivity (Wildman–Crippen MR) is 71.4 cm³/mol. The summed E-state index contributed by atoms with van der Waals surface area (Å²) >= 11 is 0. The van der Waals surface area contributed by atoms with Gasteiger partial charge >= 0.3 is 5.97 Å². The molecule has 1 heterocycles. The van der Waals surface area contributed by atoms with Crippen LogP contribution in [0.3, 0.4) is 0 Å². The Balaban J connectivity index is 2.01. The van der Waals surface area contributed by atoms with Crippen LogP contribution in [0.5, 0.6) is 0 Å². The van der Waals surface area contributed by atoms with Gasteiger partial charge in [0.2, 0.25) is 5.91 Å². The number of likely N-dealkylation sites (tertiary alicyclic amines) is 1. The summed E-state index contributed by atoms with van der Waals surface area (Å²) in [5.74, 6) is -2.34. The maximum atomic E-state index is 13.6. The van der Waals surface area contributed by atoms with Gasteiger partial charge < -0.3 is 9.64 Å². The molecule has 0 bridgehead atoms. The van der Waals surface area contributed by atoms with E-state index >= 15 is 0 Å². The van der Waals surface area contributed by atoms with Crippen LogP contribution < -0.4 is 0 Å². The summed E-state index contributed by atoms with van der Waals surface area (Å²) in [5, 5.41) is 0. The second kappa shape index (κ2) is 6.65. The Hall–Kier alpha value is -1.98. The lowest BCUT2D eigenvalue weighted by Crippen LogP contribution is -2.43. The zero-order chi connectivity index (χ0) is 15.4. The van der Waals surface area contributed by atoms with Gasteiger partial charge in [-0.05, 0) is 24.5 Å². The SMILES string of the molecule is COC(=O)[C@H]1CCCN(C(=O)Cc2ccc(F)cc2F)C1. The second-order valence-corrected chi connectivity index (χ2v) is 5.11. The van der Waals surface area contributed by atoms with Gasteiger partial charge in [0.25, 0.3) is 0 Å². The number of amides is 1. The van der Waals surface area contributed by atoms with Crippen molar-refractivity contribution in [3.63, 3.8) is 0 Å². The number of hydrogen-bond donors (Lipinski definition) is 0. The Morgan fingerprint density at radius 1 is 1.38 bits per heavy atom. The summed E-state index contributed by atoms with van der Waals surface area (Å²) in [5.41, 5.74) is 0.154. The molecular formula is C15H17F2NO3. The molecule has 0 unspecified atom stereocenters. The number of carbonyl (C=O) groups is 2. The van der Waals surface area contributed by atoms with Crippen molar-refractivity contribution in [2.45, 2.75) is 19.3 Å². The quantitative estimate of drug-likeness (QED) is 0.801. The summed E-state index contributed by atoms with van der Waals surface area (Å²) in [6, 6.07) is 3.15. The summed E-state index contributed by atoms with van der Waals surface area (Å²) < 4.78 is 31.1. The van der Waals surface area contributed by atoms with Crippen LogP contribution >= 0.6 is 0 Å². The van der Waals surface area contributed by atoms with Gasteiger partial charge in [-0.1, -0.05) is 6.07 Å². The van der Waals surface area contributed by atoms with E-state index in [0.717, 1.165) is 12.1 Å². The molecule has 1 amide bonds. The Labute approximate surface area is 121 Å². The van der Waals surface area contributed by atoms with Crippen LogP contribution in [0.25, 0.3) is 0 Å². The molecule has 1 aliphatic heterocycles. The number of hydrogen-bond acceptors (Lipinski definition) is 3. The van der Waals surface area contributed by atoms with Gasteiger partial charge in [0.05, 0.1) is 19.4 Å². The van der Waals surface area contributed by atoms with Crippen molar-refractivity contribution in [1.82, 2.24) is 4.90 Å². The second-order valence-electron chi connectivity index (χ2n) is 5.11. The third kappa shape index (κ3) is 3.77. The predicted octanol–water partition coefficient (Wildman–Crippen LogP) is 1.92. The molecule has 6 heteroatoms. The van der Waals surface area contributed by atoms with Crippen molar-refractivity contribution in [3.05, 3.63) is 35.4 Å². The molecule has 1 fully saturated rings. The Morgan fingerprint density at radius 3 is 2.81 bits per heavy atom. The summed E-state index contributed by atoms with van der Waals surface area (Å²) in [7, 11) is 1.32. The molecule has 21 heavy (non-hydrogen) atoms. The lowest BCUT2D eigenvalue weighted by Gasteiger charge is -2.31. The van der Waals surface area contributed by atoms with E-state index in [-0.39, 0.29) is 36.3 Å². The van der Waals surface area contributed by atoms with E-state index in [1.807, 2.05) is 0 Å². The van der Waals surface area contributed by atoms with E-state index < -0.39 is 11.6 Å². The van der Waals surface area contributed by atoms with Gasteiger partial charge in [-0.2, -0.15) is 0 Å². The van der Waals surface area contributed by atoms with Gasteiger partial charge in [0, 0.05) is 19.2 Å². The van der Waals surface area contributed by atoms with Gasteiger partial charge in [-0.3, -0.25) is 9.59 Å². The smallest absolute Gasteiger partial charge is 0.310 e. The highest BCUT2D eigenvalue weighted by Crippen LogP contribution is 2.19. The average molecular weight is 297 g/mol. The lowest BCUT2D eigenvalue weighted by atomic mass is 9.97. The number of halogens is 2. The number of ether oxygens (including phenoxy) is 1. The summed E-state index contributed by atoms with van der Waals surface area (Å²) in [6.45, 7) is 0.823. The average Bonchev–Trinajstić information content (AvgIpc) is 2.49. The number of rotatable bonds is 3. The number of methoxy groups -OCH3 is 1. The van der Waals surface area contributed by atoms with Crippen LogP contribution in [-0.2, 0) is 20.7 Å². The van der Waals surface area contributed by atoms with Crippen LogP contribution in [-0.4, -0.2) is 37.0 Å². The standard InChI is InChI=1S/C15H17F2NO3/c1-21-15(20)11-3-2-6-18(9-11)14(19)7-10-4-5-12(16)8-13(10)17/h4-5,8,11H,2-3,6-7,9H2,1H3/t11-/m0/s1. The number of benzene rings is 1. The third-order valence-electron chi connectivity index (χ3n) is 3.67. The fourth-order valence-corrected chi connectivity index (χ4v) is 2.50. The van der Waals surface area contributed by atoms with E-state index in [1.165, 1.54) is 18.1 Å². The molecule has 1 aromatic rings. The first-order valence-electron chi connectivity index (χ1n) is 6.80. The van der Waals surface area contributed by atoms with Gasteiger partial charge in [-0.15, -0.1) is 0 Å². The van der Waals surface area contributed by atoms with E-state index in [2.05, 4.69) is 4.74 Å². The molecule has 1 aliphatic rings. The minimum Gasteiger partial charge on any atom is -0.469 e. The topological polar surface area (TPSA) is 46.6 Å². The minimum absolute atomic E-state index is 0.139. The summed E-state index contributed by atoms with van der Waals surface area (Å²) in [4.78, 5) is 25.2. The monoisotopic (exact) mass is 297 g/mol. The van der Waals surface area contributed by atoms with Crippen molar-refractivity contribution in [3.8, 4) is 0 Å². The number of nitrogens with zero attached hydrogens (tertiary/aromatic N) is 1. The maximum Gasteiger partial charge on any atom is 0.310 e. The fourth-order valence-electron chi connectivity index (χ4n) is 2.50. The van der Waals surface area contributed by atoms with E-state index in [9.17, 15) is 18.4 Å². The highest BCUT2D eigenvalue weighted by atomic mass is 19.1. The van der Waals surface area contributed by atoms with Crippen LogP contribution in [0.15, 0.2) is 18.2 Å². The molecule has 2 rings (SSSR count). The van der Waals surface area contributed by atoms with Crippen molar-refractivity contribution < 1.29 is 23.1 Å². The molecule has 0 aliphatic carbocycles. The molecule has 0 saturated carbocycles. The van der Waals surface area contributed by atoms with E-state index in [0.29, 0.717) is 19.4 Å². The Kier molecular flexibility index (Phi) is 4.88.